The topological polar surface area (TPSA) is 120 Å². The van der Waals surface area contributed by atoms with Gasteiger partial charge in [-0.25, -0.2) is 9.48 Å². The van der Waals surface area contributed by atoms with Gasteiger partial charge in [-0.15, -0.1) is 28.3 Å². The van der Waals surface area contributed by atoms with E-state index in [-0.39, 0.29) is 40.2 Å². The molecule has 4 rings (SSSR count). The lowest BCUT2D eigenvalue weighted by Crippen LogP contribution is -2.35. The van der Waals surface area contributed by atoms with Crippen molar-refractivity contribution in [3.05, 3.63) is 64.1 Å². The zero-order valence-corrected chi connectivity index (χ0v) is 19.4. The highest BCUT2D eigenvalue weighted by molar-refractivity contribution is 6.30. The third-order valence-electron chi connectivity index (χ3n) is 6.17. The summed E-state index contributed by atoms with van der Waals surface area (Å²) < 4.78 is 1.49. The van der Waals surface area contributed by atoms with E-state index in [2.05, 4.69) is 15.3 Å². The number of carbonyl (C=O) groups is 1. The Kier molecular flexibility index (Phi) is 6.50. The zero-order valence-electron chi connectivity index (χ0n) is 17.9. The largest absolute Gasteiger partial charge is 0.507 e. The molecule has 1 saturated carbocycles. The maximum Gasteiger partial charge on any atom is 0.337 e. The van der Waals surface area contributed by atoms with Crippen molar-refractivity contribution in [1.82, 2.24) is 9.78 Å². The molecule has 1 aromatic heterocycles. The normalized spacial score (nSPS) is 27.6. The highest BCUT2D eigenvalue weighted by Gasteiger charge is 2.39. The summed E-state index contributed by atoms with van der Waals surface area (Å²) in [5.41, 5.74) is -0.415. The van der Waals surface area contributed by atoms with Crippen molar-refractivity contribution in [2.24, 2.45) is 10.2 Å². The van der Waals surface area contributed by atoms with Gasteiger partial charge >= 0.3 is 5.97 Å². The van der Waals surface area contributed by atoms with E-state index in [0.29, 0.717) is 36.1 Å². The van der Waals surface area contributed by atoms with Crippen LogP contribution in [0.5, 0.6) is 5.75 Å². The summed E-state index contributed by atoms with van der Waals surface area (Å²) in [6.45, 7) is 1.69. The van der Waals surface area contributed by atoms with Gasteiger partial charge in [0.15, 0.2) is 5.69 Å². The molecule has 3 N–H and O–H groups in total. The smallest absolute Gasteiger partial charge is 0.337 e. The van der Waals surface area contributed by atoms with Crippen LogP contribution in [0.15, 0.2) is 57.5 Å². The van der Waals surface area contributed by atoms with Gasteiger partial charge in [-0.1, -0.05) is 30.4 Å². The fourth-order valence-corrected chi connectivity index (χ4v) is 4.85. The molecule has 2 aromatic rings. The van der Waals surface area contributed by atoms with Crippen LogP contribution in [0.1, 0.15) is 43.0 Å². The number of phenols is 1. The number of alkyl halides is 2. The van der Waals surface area contributed by atoms with E-state index in [1.54, 1.807) is 37.3 Å². The van der Waals surface area contributed by atoms with E-state index in [9.17, 15) is 19.8 Å². The van der Waals surface area contributed by atoms with Crippen LogP contribution in [-0.4, -0.2) is 42.3 Å². The first-order valence-electron chi connectivity index (χ1n) is 10.6. The van der Waals surface area contributed by atoms with E-state index in [0.717, 1.165) is 0 Å². The molecule has 0 amide bonds. The maximum absolute atomic E-state index is 13.0. The molecule has 0 aliphatic heterocycles. The number of hydrogen-bond donors (Lipinski definition) is 3. The van der Waals surface area contributed by atoms with Crippen molar-refractivity contribution >= 4 is 40.4 Å². The number of halogens is 2. The summed E-state index contributed by atoms with van der Waals surface area (Å²) in [5, 5.41) is 31.1. The van der Waals surface area contributed by atoms with Crippen molar-refractivity contribution in [2.75, 3.05) is 0 Å². The average Bonchev–Trinajstić information content (AvgIpc) is 3.08. The monoisotopic (exact) mass is 490 g/mol. The second kappa shape index (κ2) is 9.19. The molecule has 1 aromatic carbocycles. The molecule has 2 aliphatic rings. The van der Waals surface area contributed by atoms with Crippen LogP contribution >= 0.6 is 23.2 Å². The number of carboxylic acids is 1. The summed E-state index contributed by atoms with van der Waals surface area (Å²) in [6.07, 6.45) is 6.65. The van der Waals surface area contributed by atoms with Gasteiger partial charge in [0, 0.05) is 12.0 Å². The highest BCUT2D eigenvalue weighted by atomic mass is 35.5. The number of allylic oxidation sites excluding steroid dienone is 2. The molecular formula is C23H24Cl2N4O4. The van der Waals surface area contributed by atoms with Gasteiger partial charge in [-0.2, -0.15) is 5.11 Å². The quantitative estimate of drug-likeness (QED) is 0.399. The Morgan fingerprint density at radius 2 is 2.00 bits per heavy atom. The maximum atomic E-state index is 13.0. The number of carboxylic acid groups (broad SMARTS) is 1. The standard InChI is InChI=1S/C23H24Cl2N4O4/c1-13-20(21(31)29(27-13)15-8-9-17(24)18(25)11-15)26-28-23(22(32)33)10-4-5-14(12-23)16-6-2-3-7-19(16)30/h2-7,10,15,17-18,27,30H,8-9,11-12H2,1H3,(H,32,33). The van der Waals surface area contributed by atoms with Gasteiger partial charge < -0.3 is 10.2 Å². The Hall–Kier alpha value is -2.84. The summed E-state index contributed by atoms with van der Waals surface area (Å²) >= 11 is 12.5. The van der Waals surface area contributed by atoms with Crippen LogP contribution in [0.25, 0.3) is 5.57 Å². The number of benzene rings is 1. The average molecular weight is 491 g/mol. The molecule has 4 unspecified atom stereocenters. The number of aromatic hydroxyl groups is 1. The Morgan fingerprint density at radius 1 is 1.24 bits per heavy atom. The third kappa shape index (κ3) is 4.50. The molecule has 1 heterocycles. The number of aryl methyl sites for hydroxylation is 1. The van der Waals surface area contributed by atoms with Crippen LogP contribution in [0.4, 0.5) is 5.69 Å². The first-order valence-corrected chi connectivity index (χ1v) is 11.5. The Morgan fingerprint density at radius 3 is 2.70 bits per heavy atom. The minimum absolute atomic E-state index is 0.0226. The number of azo groups is 1. The van der Waals surface area contributed by atoms with Gasteiger partial charge in [0.25, 0.3) is 5.56 Å². The molecule has 8 nitrogen and oxygen atoms in total. The fourth-order valence-electron chi connectivity index (χ4n) is 4.29. The molecule has 10 heteroatoms. The number of aromatic amines is 1. The molecule has 0 saturated heterocycles. The number of hydrogen-bond acceptors (Lipinski definition) is 5. The fraction of sp³-hybridized carbons (Fsp3) is 0.391. The van der Waals surface area contributed by atoms with Crippen LogP contribution in [-0.2, 0) is 4.79 Å². The lowest BCUT2D eigenvalue weighted by molar-refractivity contribution is -0.141. The number of aromatic nitrogens is 2. The molecule has 0 radical (unpaired) electrons. The molecule has 1 fully saturated rings. The molecule has 0 spiro atoms. The number of nitrogens with zero attached hydrogens (tertiary/aromatic N) is 3. The van der Waals surface area contributed by atoms with Crippen molar-refractivity contribution in [2.45, 2.75) is 54.9 Å². The Labute approximate surface area is 200 Å². The summed E-state index contributed by atoms with van der Waals surface area (Å²) in [5.74, 6) is -1.16. The number of aliphatic carboxylic acids is 1. The van der Waals surface area contributed by atoms with E-state index in [4.69, 9.17) is 23.2 Å². The number of H-pyrrole nitrogens is 1. The minimum Gasteiger partial charge on any atom is -0.507 e. The molecular weight excluding hydrogens is 467 g/mol. The Balaban J connectivity index is 1.64. The van der Waals surface area contributed by atoms with Gasteiger partial charge in [0.05, 0.1) is 22.5 Å². The summed E-state index contributed by atoms with van der Waals surface area (Å²) in [4.78, 5) is 25.3. The Bertz CT molecular complexity index is 1220. The van der Waals surface area contributed by atoms with Gasteiger partial charge in [0.1, 0.15) is 5.75 Å². The van der Waals surface area contributed by atoms with E-state index in [1.165, 1.54) is 16.8 Å². The van der Waals surface area contributed by atoms with Crippen LogP contribution in [0.2, 0.25) is 0 Å². The van der Waals surface area contributed by atoms with Gasteiger partial charge in [-0.05, 0) is 43.9 Å². The molecule has 33 heavy (non-hydrogen) atoms. The number of phenolic OH excluding ortho intramolecular Hbond substituents is 1. The summed E-state index contributed by atoms with van der Waals surface area (Å²) in [6, 6.07) is 6.54. The van der Waals surface area contributed by atoms with Crippen molar-refractivity contribution in [1.29, 1.82) is 0 Å². The van der Waals surface area contributed by atoms with Crippen LogP contribution < -0.4 is 5.56 Å². The third-order valence-corrected chi connectivity index (χ3v) is 7.31. The van der Waals surface area contributed by atoms with Crippen molar-refractivity contribution < 1.29 is 15.0 Å². The summed E-state index contributed by atoms with van der Waals surface area (Å²) in [7, 11) is 0. The van der Waals surface area contributed by atoms with Gasteiger partial charge in [0.2, 0.25) is 5.54 Å². The number of nitrogens with one attached hydrogen (secondary N) is 1. The lowest BCUT2D eigenvalue weighted by Gasteiger charge is -2.29. The lowest BCUT2D eigenvalue weighted by atomic mass is 9.84. The van der Waals surface area contributed by atoms with Crippen molar-refractivity contribution in [3.63, 3.8) is 0 Å². The predicted molar refractivity (Wildman–Crippen MR) is 127 cm³/mol. The number of para-hydroxylation sites is 1. The SMILES string of the molecule is Cc1[nH]n(C2CCC(Cl)C(Cl)C2)c(=O)c1N=NC1(C(=O)O)C=CC=C(c2ccccc2O)C1. The van der Waals surface area contributed by atoms with Crippen molar-refractivity contribution in [3.8, 4) is 5.75 Å². The van der Waals surface area contributed by atoms with E-state index in [1.807, 2.05) is 0 Å². The molecule has 0 bridgehead atoms. The van der Waals surface area contributed by atoms with Crippen LogP contribution in [0, 0.1) is 6.92 Å². The van der Waals surface area contributed by atoms with E-state index < -0.39 is 11.5 Å². The van der Waals surface area contributed by atoms with Crippen LogP contribution in [0.3, 0.4) is 0 Å². The first-order chi connectivity index (χ1) is 15.7. The highest BCUT2D eigenvalue weighted by Crippen LogP contribution is 2.38. The number of rotatable bonds is 5. The second-order valence-corrected chi connectivity index (χ2v) is 9.55. The molecule has 4 atom stereocenters. The minimum atomic E-state index is -1.70. The molecule has 2 aliphatic carbocycles. The predicted octanol–water partition coefficient (Wildman–Crippen LogP) is 5.08. The van der Waals surface area contributed by atoms with E-state index >= 15 is 0 Å². The zero-order chi connectivity index (χ0) is 23.8. The first kappa shape index (κ1) is 23.3. The second-order valence-electron chi connectivity index (χ2n) is 8.43. The van der Waals surface area contributed by atoms with Gasteiger partial charge in [-0.3, -0.25) is 9.89 Å². The molecule has 174 valence electrons.